The molecule has 19 heavy (non-hydrogen) atoms. The van der Waals surface area contributed by atoms with E-state index < -0.39 is 5.54 Å². The van der Waals surface area contributed by atoms with Gasteiger partial charge in [-0.2, -0.15) is 0 Å². The van der Waals surface area contributed by atoms with Crippen LogP contribution in [0.4, 0.5) is 0 Å². The summed E-state index contributed by atoms with van der Waals surface area (Å²) in [7, 11) is 0. The first-order valence-electron chi connectivity index (χ1n) is 5.85. The molecule has 1 saturated heterocycles. The summed E-state index contributed by atoms with van der Waals surface area (Å²) >= 11 is 12.1. The Hall–Kier alpha value is -1.10. The number of piperazine rings is 1. The van der Waals surface area contributed by atoms with Crippen LogP contribution >= 0.6 is 23.2 Å². The van der Waals surface area contributed by atoms with Crippen molar-refractivity contribution in [1.82, 2.24) is 10.2 Å². The molecule has 6 heteroatoms. The molecule has 2 rings (SSSR count). The standard InChI is InChI=1S/C13H14Cl2N2O2/c1-13(2)12(19)17(11(18)6-16-13)7-8-9(14)4-3-5-10(8)15/h3-5,16H,6-7H2,1-2H3. The monoisotopic (exact) mass is 300 g/mol. The minimum atomic E-state index is -0.762. The highest BCUT2D eigenvalue weighted by Gasteiger charge is 2.40. The molecule has 0 aliphatic carbocycles. The van der Waals surface area contributed by atoms with Crippen molar-refractivity contribution in [2.75, 3.05) is 6.54 Å². The van der Waals surface area contributed by atoms with Gasteiger partial charge in [-0.3, -0.25) is 19.8 Å². The molecule has 1 aromatic carbocycles. The van der Waals surface area contributed by atoms with Crippen molar-refractivity contribution < 1.29 is 9.59 Å². The fourth-order valence-electron chi connectivity index (χ4n) is 1.92. The lowest BCUT2D eigenvalue weighted by molar-refractivity contribution is -0.153. The Balaban J connectivity index is 2.31. The Bertz CT molecular complexity index is 523. The van der Waals surface area contributed by atoms with E-state index in [-0.39, 0.29) is 24.9 Å². The zero-order valence-corrected chi connectivity index (χ0v) is 12.2. The Morgan fingerprint density at radius 1 is 1.26 bits per heavy atom. The van der Waals surface area contributed by atoms with Crippen LogP contribution in [0, 0.1) is 0 Å². The number of carbonyl (C=O) groups excluding carboxylic acids is 2. The SMILES string of the molecule is CC1(C)NCC(=O)N(Cc2c(Cl)cccc2Cl)C1=O. The van der Waals surface area contributed by atoms with Crippen LogP contribution in [0.5, 0.6) is 0 Å². The normalized spacial score (nSPS) is 18.8. The van der Waals surface area contributed by atoms with Gasteiger partial charge in [0.05, 0.1) is 18.6 Å². The van der Waals surface area contributed by atoms with Crippen LogP contribution in [0.25, 0.3) is 0 Å². The highest BCUT2D eigenvalue weighted by molar-refractivity contribution is 6.36. The number of nitrogens with zero attached hydrogens (tertiary/aromatic N) is 1. The van der Waals surface area contributed by atoms with Crippen LogP contribution in [0.3, 0.4) is 0 Å². The molecule has 1 heterocycles. The minimum Gasteiger partial charge on any atom is -0.295 e. The molecule has 0 atom stereocenters. The number of rotatable bonds is 2. The summed E-state index contributed by atoms with van der Waals surface area (Å²) in [6, 6.07) is 5.09. The second kappa shape index (κ2) is 5.12. The van der Waals surface area contributed by atoms with Crippen molar-refractivity contribution in [2.24, 2.45) is 0 Å². The number of nitrogens with one attached hydrogen (secondary N) is 1. The Labute approximate surface area is 121 Å². The Morgan fingerprint density at radius 3 is 2.42 bits per heavy atom. The van der Waals surface area contributed by atoms with Crippen LogP contribution in [0.15, 0.2) is 18.2 Å². The predicted molar refractivity (Wildman–Crippen MR) is 74.1 cm³/mol. The van der Waals surface area contributed by atoms with Crippen molar-refractivity contribution in [2.45, 2.75) is 25.9 Å². The van der Waals surface area contributed by atoms with Gasteiger partial charge in [-0.15, -0.1) is 0 Å². The van der Waals surface area contributed by atoms with Gasteiger partial charge in [0.2, 0.25) is 11.8 Å². The third kappa shape index (κ3) is 2.76. The van der Waals surface area contributed by atoms with E-state index in [2.05, 4.69) is 5.32 Å². The first-order chi connectivity index (χ1) is 8.83. The van der Waals surface area contributed by atoms with E-state index >= 15 is 0 Å². The zero-order chi connectivity index (χ0) is 14.2. The van der Waals surface area contributed by atoms with Crippen molar-refractivity contribution in [1.29, 1.82) is 0 Å². The number of benzene rings is 1. The smallest absolute Gasteiger partial charge is 0.249 e. The lowest BCUT2D eigenvalue weighted by Crippen LogP contribution is -2.63. The molecule has 1 N–H and O–H groups in total. The van der Waals surface area contributed by atoms with E-state index in [1.807, 2.05) is 0 Å². The maximum atomic E-state index is 12.2. The summed E-state index contributed by atoms with van der Waals surface area (Å²) in [5.74, 6) is -0.556. The van der Waals surface area contributed by atoms with Crippen LogP contribution < -0.4 is 5.32 Å². The second-order valence-corrected chi connectivity index (χ2v) is 5.78. The average molecular weight is 301 g/mol. The molecule has 102 valence electrons. The van der Waals surface area contributed by atoms with E-state index in [0.717, 1.165) is 0 Å². The predicted octanol–water partition coefficient (Wildman–Crippen LogP) is 2.23. The maximum Gasteiger partial charge on any atom is 0.249 e. The molecular formula is C13H14Cl2N2O2. The summed E-state index contributed by atoms with van der Waals surface area (Å²) in [6.45, 7) is 3.70. The van der Waals surface area contributed by atoms with Gasteiger partial charge < -0.3 is 0 Å². The van der Waals surface area contributed by atoms with Crippen LogP contribution in [0.2, 0.25) is 10.0 Å². The van der Waals surface area contributed by atoms with E-state index in [4.69, 9.17) is 23.2 Å². The maximum absolute atomic E-state index is 12.2. The molecule has 1 fully saturated rings. The topological polar surface area (TPSA) is 49.4 Å². The largest absolute Gasteiger partial charge is 0.295 e. The molecule has 1 aromatic rings. The molecule has 4 nitrogen and oxygen atoms in total. The highest BCUT2D eigenvalue weighted by atomic mass is 35.5. The van der Waals surface area contributed by atoms with E-state index in [9.17, 15) is 9.59 Å². The molecule has 1 aliphatic rings. The van der Waals surface area contributed by atoms with Crippen molar-refractivity contribution in [3.05, 3.63) is 33.8 Å². The van der Waals surface area contributed by atoms with E-state index in [0.29, 0.717) is 15.6 Å². The summed E-state index contributed by atoms with van der Waals surface area (Å²) in [5.41, 5.74) is -0.174. The van der Waals surface area contributed by atoms with Gasteiger partial charge in [0, 0.05) is 15.6 Å². The number of halogens is 2. The van der Waals surface area contributed by atoms with Crippen molar-refractivity contribution >= 4 is 35.0 Å². The van der Waals surface area contributed by atoms with Crippen molar-refractivity contribution in [3.8, 4) is 0 Å². The Morgan fingerprint density at radius 2 is 1.84 bits per heavy atom. The van der Waals surface area contributed by atoms with Gasteiger partial charge in [-0.25, -0.2) is 0 Å². The molecule has 2 amide bonds. The van der Waals surface area contributed by atoms with Gasteiger partial charge in [-0.05, 0) is 26.0 Å². The van der Waals surface area contributed by atoms with Gasteiger partial charge >= 0.3 is 0 Å². The second-order valence-electron chi connectivity index (χ2n) is 4.96. The fraction of sp³-hybridized carbons (Fsp3) is 0.385. The fourth-order valence-corrected chi connectivity index (χ4v) is 2.44. The van der Waals surface area contributed by atoms with Gasteiger partial charge in [0.25, 0.3) is 0 Å². The molecular weight excluding hydrogens is 287 g/mol. The minimum absolute atomic E-state index is 0.0985. The summed E-state index contributed by atoms with van der Waals surface area (Å²) in [4.78, 5) is 25.3. The van der Waals surface area contributed by atoms with E-state index in [1.165, 1.54) is 4.90 Å². The summed E-state index contributed by atoms with van der Waals surface area (Å²) < 4.78 is 0. The first-order valence-corrected chi connectivity index (χ1v) is 6.61. The first kappa shape index (κ1) is 14.3. The molecule has 1 aliphatic heterocycles. The van der Waals surface area contributed by atoms with Crippen LogP contribution in [-0.4, -0.2) is 28.8 Å². The van der Waals surface area contributed by atoms with Crippen LogP contribution in [-0.2, 0) is 16.1 Å². The van der Waals surface area contributed by atoms with Gasteiger partial charge in [0.1, 0.15) is 0 Å². The van der Waals surface area contributed by atoms with Gasteiger partial charge in [-0.1, -0.05) is 29.3 Å². The molecule has 0 spiro atoms. The third-order valence-corrected chi connectivity index (χ3v) is 3.85. The number of hydrogen-bond acceptors (Lipinski definition) is 3. The lowest BCUT2D eigenvalue weighted by Gasteiger charge is -2.36. The number of imide groups is 1. The third-order valence-electron chi connectivity index (χ3n) is 3.14. The number of carbonyl (C=O) groups is 2. The average Bonchev–Trinajstić information content (AvgIpc) is 2.34. The highest BCUT2D eigenvalue weighted by Crippen LogP contribution is 2.27. The number of hydrogen-bond donors (Lipinski definition) is 1. The number of amides is 2. The Kier molecular flexibility index (Phi) is 3.85. The molecule has 0 bridgehead atoms. The molecule has 0 radical (unpaired) electrons. The van der Waals surface area contributed by atoms with Gasteiger partial charge in [0.15, 0.2) is 0 Å². The van der Waals surface area contributed by atoms with E-state index in [1.54, 1.807) is 32.0 Å². The lowest BCUT2D eigenvalue weighted by atomic mass is 10.00. The quantitative estimate of drug-likeness (QED) is 0.852. The summed E-state index contributed by atoms with van der Waals surface area (Å²) in [5, 5.41) is 3.79. The molecule has 0 saturated carbocycles. The molecule has 0 unspecified atom stereocenters. The molecule has 0 aromatic heterocycles. The summed E-state index contributed by atoms with van der Waals surface area (Å²) in [6.07, 6.45) is 0. The zero-order valence-electron chi connectivity index (χ0n) is 10.7. The van der Waals surface area contributed by atoms with Crippen molar-refractivity contribution in [3.63, 3.8) is 0 Å². The van der Waals surface area contributed by atoms with Crippen LogP contribution in [0.1, 0.15) is 19.4 Å².